The Bertz CT molecular complexity index is 865. The molecular formula is C23H34FN3O2S. The molecule has 30 heavy (non-hydrogen) atoms. The van der Waals surface area contributed by atoms with Crippen molar-refractivity contribution in [2.75, 3.05) is 38.7 Å². The summed E-state index contributed by atoms with van der Waals surface area (Å²) in [5.41, 5.74) is 3.69. The number of benzene rings is 1. The van der Waals surface area contributed by atoms with Crippen LogP contribution in [0.5, 0.6) is 11.6 Å². The first kappa shape index (κ1) is 24.3. The maximum atomic E-state index is 14.7. The van der Waals surface area contributed by atoms with Gasteiger partial charge in [-0.1, -0.05) is 7.43 Å². The van der Waals surface area contributed by atoms with E-state index in [9.17, 15) is 4.39 Å². The SMILES string of the molecule is C.COc1cc(C[C@H]2CCN([C@@H](C)c3cc4c(cc3F)NCCO4)C2)cc(C)n1.S. The number of halogens is 1. The number of fused-ring (bicyclic) bond motifs is 1. The third-order valence-electron chi connectivity index (χ3n) is 5.81. The monoisotopic (exact) mass is 435 g/mol. The molecule has 2 aliphatic heterocycles. The molecule has 1 saturated heterocycles. The van der Waals surface area contributed by atoms with E-state index >= 15 is 0 Å². The summed E-state index contributed by atoms with van der Waals surface area (Å²) in [6.07, 6.45) is 2.10. The highest BCUT2D eigenvalue weighted by molar-refractivity contribution is 7.59. The molecule has 0 bridgehead atoms. The van der Waals surface area contributed by atoms with Crippen LogP contribution in [0.25, 0.3) is 0 Å². The van der Waals surface area contributed by atoms with Crippen LogP contribution in [0.4, 0.5) is 10.1 Å². The third-order valence-corrected chi connectivity index (χ3v) is 5.81. The van der Waals surface area contributed by atoms with E-state index in [1.165, 1.54) is 5.56 Å². The third kappa shape index (κ3) is 5.19. The van der Waals surface area contributed by atoms with Crippen LogP contribution >= 0.6 is 13.5 Å². The number of likely N-dealkylation sites (tertiary alicyclic amines) is 1. The number of hydrogen-bond acceptors (Lipinski definition) is 5. The van der Waals surface area contributed by atoms with Gasteiger partial charge in [0.1, 0.15) is 18.2 Å². The summed E-state index contributed by atoms with van der Waals surface area (Å²) in [6, 6.07) is 7.61. The second kappa shape index (κ2) is 10.4. The normalized spacial score (nSPS) is 18.9. The van der Waals surface area contributed by atoms with Crippen molar-refractivity contribution in [1.82, 2.24) is 9.88 Å². The van der Waals surface area contributed by atoms with Gasteiger partial charge in [-0.15, -0.1) is 0 Å². The molecule has 2 aromatic rings. The number of anilines is 1. The minimum Gasteiger partial charge on any atom is -0.490 e. The Morgan fingerprint density at radius 2 is 2.13 bits per heavy atom. The van der Waals surface area contributed by atoms with Crippen LogP contribution < -0.4 is 14.8 Å². The molecule has 0 spiro atoms. The van der Waals surface area contributed by atoms with Gasteiger partial charge in [-0.2, -0.15) is 13.5 Å². The van der Waals surface area contributed by atoms with Crippen LogP contribution in [-0.2, 0) is 6.42 Å². The molecule has 1 N–H and O–H groups in total. The molecule has 2 aliphatic rings. The quantitative estimate of drug-likeness (QED) is 0.737. The van der Waals surface area contributed by atoms with Crippen molar-refractivity contribution < 1.29 is 13.9 Å². The largest absolute Gasteiger partial charge is 0.490 e. The highest BCUT2D eigenvalue weighted by Crippen LogP contribution is 2.36. The summed E-state index contributed by atoms with van der Waals surface area (Å²) in [4.78, 5) is 6.74. The predicted octanol–water partition coefficient (Wildman–Crippen LogP) is 4.72. The maximum absolute atomic E-state index is 14.7. The Morgan fingerprint density at radius 3 is 2.90 bits per heavy atom. The van der Waals surface area contributed by atoms with Gasteiger partial charge in [0.25, 0.3) is 0 Å². The van der Waals surface area contributed by atoms with Crippen molar-refractivity contribution in [3.63, 3.8) is 0 Å². The zero-order valence-electron chi connectivity index (χ0n) is 17.3. The maximum Gasteiger partial charge on any atom is 0.213 e. The van der Waals surface area contributed by atoms with E-state index in [-0.39, 0.29) is 32.8 Å². The number of nitrogens with one attached hydrogen (secondary N) is 1. The summed E-state index contributed by atoms with van der Waals surface area (Å²) >= 11 is 0. The molecule has 0 aliphatic carbocycles. The first-order chi connectivity index (χ1) is 13.5. The average molecular weight is 436 g/mol. The van der Waals surface area contributed by atoms with Crippen molar-refractivity contribution in [1.29, 1.82) is 0 Å². The van der Waals surface area contributed by atoms with E-state index in [4.69, 9.17) is 9.47 Å². The Hall–Kier alpha value is -1.99. The van der Waals surface area contributed by atoms with Gasteiger partial charge >= 0.3 is 0 Å². The highest BCUT2D eigenvalue weighted by atomic mass is 32.1. The number of rotatable bonds is 5. The number of hydrogen-bond donors (Lipinski definition) is 1. The Kier molecular flexibility index (Phi) is 8.38. The molecule has 3 heterocycles. The summed E-state index contributed by atoms with van der Waals surface area (Å²) < 4.78 is 25.7. The summed E-state index contributed by atoms with van der Waals surface area (Å²) in [6.45, 7) is 7.35. The Labute approximate surface area is 186 Å². The molecule has 4 rings (SSSR count). The van der Waals surface area contributed by atoms with E-state index in [0.717, 1.165) is 43.1 Å². The Balaban J connectivity index is 0.00000160. The molecule has 1 fully saturated rings. The second-order valence-electron chi connectivity index (χ2n) is 7.83. The van der Waals surface area contributed by atoms with Crippen LogP contribution in [0.2, 0.25) is 0 Å². The van der Waals surface area contributed by atoms with Crippen LogP contribution in [-0.4, -0.2) is 43.2 Å². The van der Waals surface area contributed by atoms with Crippen LogP contribution in [0.1, 0.15) is 43.6 Å². The second-order valence-corrected chi connectivity index (χ2v) is 7.83. The van der Waals surface area contributed by atoms with Crippen molar-refractivity contribution >= 4 is 19.2 Å². The zero-order chi connectivity index (χ0) is 19.7. The lowest BCUT2D eigenvalue weighted by atomic mass is 9.98. The number of aromatic nitrogens is 1. The fraction of sp³-hybridized carbons (Fsp3) is 0.522. The average Bonchev–Trinajstić information content (AvgIpc) is 3.14. The topological polar surface area (TPSA) is 46.6 Å². The van der Waals surface area contributed by atoms with Gasteiger partial charge < -0.3 is 14.8 Å². The molecule has 0 radical (unpaired) electrons. The number of pyridine rings is 1. The molecule has 0 unspecified atom stereocenters. The minimum atomic E-state index is -0.165. The number of methoxy groups -OCH3 is 1. The van der Waals surface area contributed by atoms with Crippen LogP contribution in [0.15, 0.2) is 24.3 Å². The smallest absolute Gasteiger partial charge is 0.213 e. The molecule has 1 aromatic carbocycles. The van der Waals surface area contributed by atoms with Gasteiger partial charge in [-0.3, -0.25) is 4.90 Å². The van der Waals surface area contributed by atoms with Crippen molar-refractivity contribution in [2.24, 2.45) is 5.92 Å². The Morgan fingerprint density at radius 1 is 1.33 bits per heavy atom. The van der Waals surface area contributed by atoms with Crippen molar-refractivity contribution in [3.8, 4) is 11.6 Å². The number of nitrogens with zero attached hydrogens (tertiary/aromatic N) is 2. The van der Waals surface area contributed by atoms with Gasteiger partial charge in [-0.05, 0) is 56.8 Å². The van der Waals surface area contributed by atoms with E-state index in [2.05, 4.69) is 28.2 Å². The summed E-state index contributed by atoms with van der Waals surface area (Å²) in [7, 11) is 1.65. The highest BCUT2D eigenvalue weighted by Gasteiger charge is 2.29. The van der Waals surface area contributed by atoms with Gasteiger partial charge in [-0.25, -0.2) is 9.37 Å². The lowest BCUT2D eigenvalue weighted by Crippen LogP contribution is -2.26. The summed E-state index contributed by atoms with van der Waals surface area (Å²) in [5.74, 6) is 1.81. The fourth-order valence-corrected chi connectivity index (χ4v) is 4.33. The van der Waals surface area contributed by atoms with Crippen molar-refractivity contribution in [2.45, 2.75) is 40.2 Å². The van der Waals surface area contributed by atoms with Gasteiger partial charge in [0, 0.05) is 42.5 Å². The van der Waals surface area contributed by atoms with Crippen LogP contribution in [0.3, 0.4) is 0 Å². The van der Waals surface area contributed by atoms with E-state index in [1.807, 2.05) is 19.1 Å². The van der Waals surface area contributed by atoms with Gasteiger partial charge in [0.05, 0.1) is 12.8 Å². The molecule has 2 atom stereocenters. The van der Waals surface area contributed by atoms with E-state index in [0.29, 0.717) is 30.5 Å². The molecule has 0 saturated carbocycles. The molecule has 0 amide bonds. The van der Waals surface area contributed by atoms with Gasteiger partial charge in [0.15, 0.2) is 0 Å². The lowest BCUT2D eigenvalue weighted by Gasteiger charge is -2.27. The van der Waals surface area contributed by atoms with E-state index < -0.39 is 0 Å². The first-order valence-electron chi connectivity index (χ1n) is 9.99. The van der Waals surface area contributed by atoms with Crippen molar-refractivity contribution in [3.05, 3.63) is 46.9 Å². The molecule has 7 heteroatoms. The van der Waals surface area contributed by atoms with E-state index in [1.54, 1.807) is 13.2 Å². The number of ether oxygens (including phenoxy) is 2. The zero-order valence-corrected chi connectivity index (χ0v) is 18.3. The first-order valence-corrected chi connectivity index (χ1v) is 9.99. The fourth-order valence-electron chi connectivity index (χ4n) is 4.33. The predicted molar refractivity (Wildman–Crippen MR) is 125 cm³/mol. The molecule has 5 nitrogen and oxygen atoms in total. The number of aryl methyl sites for hydroxylation is 1. The summed E-state index contributed by atoms with van der Waals surface area (Å²) in [5, 5.41) is 3.19. The molecule has 1 aromatic heterocycles. The minimum absolute atomic E-state index is 0. The lowest BCUT2D eigenvalue weighted by molar-refractivity contribution is 0.246. The molecular weight excluding hydrogens is 401 g/mol. The molecule has 166 valence electrons. The van der Waals surface area contributed by atoms with Gasteiger partial charge in [0.2, 0.25) is 5.88 Å². The standard InChI is InChI=1S/C22H28FN3O2.CH4.H2S/c1-14-8-17(10-22(25-14)27-3)9-16-4-6-26(13-16)15(2)18-11-21-20(12-19(18)23)24-5-7-28-21;;/h8,10-12,15-16,24H,4-7,9,13H2,1-3H3;1H4;1H2/t15-,16+;;/m0../s1. The van der Waals surface area contributed by atoms with Crippen LogP contribution in [0, 0.1) is 18.7 Å².